The molecular formula is C13H18N2O3. The van der Waals surface area contributed by atoms with Gasteiger partial charge in [-0.2, -0.15) is 0 Å². The molecule has 1 atom stereocenters. The summed E-state index contributed by atoms with van der Waals surface area (Å²) in [4.78, 5) is 26.3. The van der Waals surface area contributed by atoms with Crippen LogP contribution in [0.25, 0.3) is 0 Å². The molecule has 98 valence electrons. The molecule has 0 saturated heterocycles. The van der Waals surface area contributed by atoms with Crippen LogP contribution in [0.3, 0.4) is 0 Å². The van der Waals surface area contributed by atoms with Crippen molar-refractivity contribution in [1.29, 1.82) is 0 Å². The van der Waals surface area contributed by atoms with Crippen LogP contribution < -0.4 is 5.32 Å². The fourth-order valence-corrected chi connectivity index (χ4v) is 1.49. The average Bonchev–Trinajstić information content (AvgIpc) is 2.27. The van der Waals surface area contributed by atoms with Crippen molar-refractivity contribution in [1.82, 2.24) is 4.98 Å². The summed E-state index contributed by atoms with van der Waals surface area (Å²) in [6.45, 7) is 5.46. The van der Waals surface area contributed by atoms with Crippen LogP contribution in [0.1, 0.15) is 43.2 Å². The average molecular weight is 250 g/mol. The maximum atomic E-state index is 11.1. The van der Waals surface area contributed by atoms with Crippen LogP contribution in [-0.2, 0) is 11.2 Å². The first-order chi connectivity index (χ1) is 8.42. The first kappa shape index (κ1) is 14.2. The van der Waals surface area contributed by atoms with Gasteiger partial charge in [-0.25, -0.2) is 9.78 Å². The number of aromatic carboxylic acids is 1. The Morgan fingerprint density at radius 2 is 2.11 bits per heavy atom. The molecule has 0 spiro atoms. The van der Waals surface area contributed by atoms with Crippen molar-refractivity contribution in [3.8, 4) is 0 Å². The smallest absolute Gasteiger partial charge is 0.335 e. The number of rotatable bonds is 6. The first-order valence-corrected chi connectivity index (χ1v) is 5.92. The van der Waals surface area contributed by atoms with E-state index in [1.54, 1.807) is 0 Å². The highest BCUT2D eigenvalue weighted by Crippen LogP contribution is 2.13. The van der Waals surface area contributed by atoms with Crippen LogP contribution in [0.2, 0.25) is 0 Å². The molecule has 1 heterocycles. The van der Waals surface area contributed by atoms with Crippen LogP contribution in [0.15, 0.2) is 12.1 Å². The maximum Gasteiger partial charge on any atom is 0.335 e. The monoisotopic (exact) mass is 250 g/mol. The molecule has 0 aliphatic carbocycles. The van der Waals surface area contributed by atoms with E-state index < -0.39 is 5.97 Å². The summed E-state index contributed by atoms with van der Waals surface area (Å²) >= 11 is 0. The van der Waals surface area contributed by atoms with E-state index >= 15 is 0 Å². The van der Waals surface area contributed by atoms with Crippen molar-refractivity contribution >= 4 is 17.6 Å². The third kappa shape index (κ3) is 4.16. The van der Waals surface area contributed by atoms with Crippen LogP contribution in [0, 0.1) is 0 Å². The Balaban J connectivity index is 3.05. The molecule has 0 amide bonds. The zero-order valence-corrected chi connectivity index (χ0v) is 10.9. The van der Waals surface area contributed by atoms with E-state index in [1.807, 2.05) is 13.8 Å². The number of pyridine rings is 1. The highest BCUT2D eigenvalue weighted by molar-refractivity contribution is 5.89. The summed E-state index contributed by atoms with van der Waals surface area (Å²) in [5, 5.41) is 12.1. The largest absolute Gasteiger partial charge is 0.478 e. The topological polar surface area (TPSA) is 79.3 Å². The second-order valence-electron chi connectivity index (χ2n) is 4.37. The molecular weight excluding hydrogens is 232 g/mol. The number of hydrogen-bond acceptors (Lipinski definition) is 4. The molecule has 1 aromatic rings. The van der Waals surface area contributed by atoms with Crippen LogP contribution in [0.4, 0.5) is 5.82 Å². The van der Waals surface area contributed by atoms with Gasteiger partial charge in [0.15, 0.2) is 0 Å². The van der Waals surface area contributed by atoms with Gasteiger partial charge in [0.25, 0.3) is 0 Å². The number of carboxylic acid groups (broad SMARTS) is 1. The first-order valence-electron chi connectivity index (χ1n) is 5.92. The SMILES string of the molecule is CC[C@H](C)Nc1cc(C(=O)O)cc(CC(C)=O)n1. The molecule has 5 heteroatoms. The summed E-state index contributed by atoms with van der Waals surface area (Å²) in [5.74, 6) is -0.561. The zero-order valence-electron chi connectivity index (χ0n) is 10.9. The van der Waals surface area contributed by atoms with Crippen LogP contribution in [0.5, 0.6) is 0 Å². The summed E-state index contributed by atoms with van der Waals surface area (Å²) in [7, 11) is 0. The van der Waals surface area contributed by atoms with Crippen molar-refractivity contribution in [3.63, 3.8) is 0 Å². The highest BCUT2D eigenvalue weighted by atomic mass is 16.4. The number of nitrogens with zero attached hydrogens (tertiary/aromatic N) is 1. The van der Waals surface area contributed by atoms with Crippen molar-refractivity contribution in [2.24, 2.45) is 0 Å². The minimum Gasteiger partial charge on any atom is -0.478 e. The van der Waals surface area contributed by atoms with Gasteiger partial charge in [0, 0.05) is 12.5 Å². The molecule has 0 radical (unpaired) electrons. The summed E-state index contributed by atoms with van der Waals surface area (Å²) in [6, 6.07) is 3.12. The van der Waals surface area contributed by atoms with Gasteiger partial charge in [-0.15, -0.1) is 0 Å². The molecule has 0 fully saturated rings. The Bertz CT molecular complexity index is 458. The molecule has 0 aliphatic rings. The number of Topliss-reactive ketones (excluding diaryl/α,β-unsaturated/α-hetero) is 1. The lowest BCUT2D eigenvalue weighted by molar-refractivity contribution is -0.116. The van der Waals surface area contributed by atoms with E-state index in [4.69, 9.17) is 5.11 Å². The molecule has 0 saturated carbocycles. The number of carbonyl (C=O) groups is 2. The summed E-state index contributed by atoms with van der Waals surface area (Å²) < 4.78 is 0. The van der Waals surface area contributed by atoms with Crippen molar-refractivity contribution in [2.75, 3.05) is 5.32 Å². The van der Waals surface area contributed by atoms with Crippen molar-refractivity contribution < 1.29 is 14.7 Å². The Labute approximate surface area is 106 Å². The second-order valence-corrected chi connectivity index (χ2v) is 4.37. The normalized spacial score (nSPS) is 11.9. The Morgan fingerprint density at radius 3 is 2.61 bits per heavy atom. The molecule has 0 unspecified atom stereocenters. The van der Waals surface area contributed by atoms with Gasteiger partial charge in [-0.05, 0) is 32.4 Å². The third-order valence-electron chi connectivity index (χ3n) is 2.56. The fraction of sp³-hybridized carbons (Fsp3) is 0.462. The fourth-order valence-electron chi connectivity index (χ4n) is 1.49. The summed E-state index contributed by atoms with van der Waals surface area (Å²) in [5.41, 5.74) is 0.625. The molecule has 0 aliphatic heterocycles. The number of ketones is 1. The van der Waals surface area contributed by atoms with Gasteiger partial charge in [0.1, 0.15) is 11.6 Å². The minimum absolute atomic E-state index is 0.0421. The van der Waals surface area contributed by atoms with E-state index in [0.717, 1.165) is 6.42 Å². The standard InChI is InChI=1S/C13H18N2O3/c1-4-8(2)14-12-7-10(13(17)18)6-11(15-12)5-9(3)16/h6-8H,4-5H2,1-3H3,(H,14,15)(H,17,18)/t8-/m0/s1. The van der Waals surface area contributed by atoms with Crippen LogP contribution in [-0.4, -0.2) is 27.9 Å². The van der Waals surface area contributed by atoms with E-state index in [1.165, 1.54) is 19.1 Å². The van der Waals surface area contributed by atoms with E-state index in [9.17, 15) is 9.59 Å². The van der Waals surface area contributed by atoms with Gasteiger partial charge in [-0.1, -0.05) is 6.92 Å². The van der Waals surface area contributed by atoms with Crippen molar-refractivity contribution in [2.45, 2.75) is 39.7 Å². The number of carboxylic acids is 1. The minimum atomic E-state index is -1.02. The van der Waals surface area contributed by atoms with Gasteiger partial charge < -0.3 is 10.4 Å². The number of hydrogen-bond donors (Lipinski definition) is 2. The third-order valence-corrected chi connectivity index (χ3v) is 2.56. The molecule has 1 aromatic heterocycles. The summed E-state index contributed by atoms with van der Waals surface area (Å²) in [6.07, 6.45) is 1.05. The maximum absolute atomic E-state index is 11.1. The van der Waals surface area contributed by atoms with E-state index in [-0.39, 0.29) is 23.8 Å². The van der Waals surface area contributed by atoms with Crippen LogP contribution >= 0.6 is 0 Å². The number of carbonyl (C=O) groups excluding carboxylic acids is 1. The Kier molecular flexibility index (Phi) is 4.83. The predicted molar refractivity (Wildman–Crippen MR) is 69.0 cm³/mol. The Hall–Kier alpha value is -1.91. The van der Waals surface area contributed by atoms with Gasteiger partial charge >= 0.3 is 5.97 Å². The Morgan fingerprint density at radius 1 is 1.44 bits per heavy atom. The lowest BCUT2D eigenvalue weighted by atomic mass is 10.1. The predicted octanol–water partition coefficient (Wildman–Crippen LogP) is 2.12. The molecule has 5 nitrogen and oxygen atoms in total. The lowest BCUT2D eigenvalue weighted by Gasteiger charge is -2.13. The van der Waals surface area contributed by atoms with Gasteiger partial charge in [0.05, 0.1) is 11.3 Å². The zero-order chi connectivity index (χ0) is 13.7. The number of anilines is 1. The van der Waals surface area contributed by atoms with Crippen molar-refractivity contribution in [3.05, 3.63) is 23.4 Å². The number of aromatic nitrogens is 1. The molecule has 1 rings (SSSR count). The molecule has 2 N–H and O–H groups in total. The highest BCUT2D eigenvalue weighted by Gasteiger charge is 2.10. The lowest BCUT2D eigenvalue weighted by Crippen LogP contribution is -2.16. The molecule has 0 bridgehead atoms. The molecule has 0 aromatic carbocycles. The molecule has 18 heavy (non-hydrogen) atoms. The second kappa shape index (κ2) is 6.14. The van der Waals surface area contributed by atoms with Gasteiger partial charge in [-0.3, -0.25) is 4.79 Å². The van der Waals surface area contributed by atoms with Gasteiger partial charge in [0.2, 0.25) is 0 Å². The number of nitrogens with one attached hydrogen (secondary N) is 1. The quantitative estimate of drug-likeness (QED) is 0.808. The van der Waals surface area contributed by atoms with E-state index in [0.29, 0.717) is 11.5 Å². The van der Waals surface area contributed by atoms with E-state index in [2.05, 4.69) is 10.3 Å².